The zero-order valence-electron chi connectivity index (χ0n) is 14.2. The van der Waals surface area contributed by atoms with E-state index < -0.39 is 0 Å². The fourth-order valence-electron chi connectivity index (χ4n) is 3.94. The number of hydrogen-bond acceptors (Lipinski definition) is 2. The van der Waals surface area contributed by atoms with Crippen LogP contribution in [-0.4, -0.2) is 0 Å². The van der Waals surface area contributed by atoms with E-state index in [2.05, 4.69) is 57.4 Å². The van der Waals surface area contributed by atoms with E-state index in [0.29, 0.717) is 5.92 Å². The van der Waals surface area contributed by atoms with Crippen LogP contribution in [0, 0.1) is 11.8 Å². The Kier molecular flexibility index (Phi) is 5.45. The van der Waals surface area contributed by atoms with Crippen molar-refractivity contribution in [3.05, 3.63) is 35.4 Å². The summed E-state index contributed by atoms with van der Waals surface area (Å²) in [7, 11) is 0. The first kappa shape index (κ1) is 16.5. The fourth-order valence-corrected chi connectivity index (χ4v) is 3.94. The topological polar surface area (TPSA) is 38.0 Å². The van der Waals surface area contributed by atoms with E-state index in [0.717, 1.165) is 5.92 Å². The molecule has 0 aliphatic heterocycles. The van der Waals surface area contributed by atoms with Crippen LogP contribution in [0.5, 0.6) is 0 Å². The van der Waals surface area contributed by atoms with Gasteiger partial charge in [-0.3, -0.25) is 11.3 Å². The smallest absolute Gasteiger partial charge is 0.0491 e. The number of rotatable bonds is 4. The summed E-state index contributed by atoms with van der Waals surface area (Å²) in [6.07, 6.45) is 6.65. The van der Waals surface area contributed by atoms with E-state index in [4.69, 9.17) is 5.84 Å². The van der Waals surface area contributed by atoms with E-state index in [1.165, 1.54) is 43.2 Å². The molecular weight excluding hydrogens is 256 g/mol. The zero-order chi connectivity index (χ0) is 15.5. The quantitative estimate of drug-likeness (QED) is 0.622. The summed E-state index contributed by atoms with van der Waals surface area (Å²) in [6, 6.07) is 9.11. The summed E-state index contributed by atoms with van der Waals surface area (Å²) in [5.74, 6) is 7.53. The summed E-state index contributed by atoms with van der Waals surface area (Å²) >= 11 is 0. The SMILES string of the molecule is CCC1CCCC(C(NN)c2ccccc2C(C)(C)C)C1. The highest BCUT2D eigenvalue weighted by Gasteiger charge is 2.31. The van der Waals surface area contributed by atoms with Crippen molar-refractivity contribution < 1.29 is 0 Å². The second-order valence-electron chi connectivity index (χ2n) is 7.68. The van der Waals surface area contributed by atoms with Gasteiger partial charge in [0.25, 0.3) is 0 Å². The van der Waals surface area contributed by atoms with Gasteiger partial charge in [0.05, 0.1) is 0 Å². The lowest BCUT2D eigenvalue weighted by Crippen LogP contribution is -2.37. The van der Waals surface area contributed by atoms with Gasteiger partial charge in [0, 0.05) is 6.04 Å². The molecule has 1 aliphatic rings. The Balaban J connectivity index is 2.29. The van der Waals surface area contributed by atoms with Crippen molar-refractivity contribution in [3.63, 3.8) is 0 Å². The van der Waals surface area contributed by atoms with Crippen molar-refractivity contribution in [1.29, 1.82) is 0 Å². The Morgan fingerprint density at radius 2 is 1.95 bits per heavy atom. The second kappa shape index (κ2) is 6.93. The Bertz CT molecular complexity index is 447. The van der Waals surface area contributed by atoms with Gasteiger partial charge in [-0.25, -0.2) is 0 Å². The first-order chi connectivity index (χ1) is 9.97. The summed E-state index contributed by atoms with van der Waals surface area (Å²) in [4.78, 5) is 0. The molecule has 0 amide bonds. The maximum absolute atomic E-state index is 5.98. The van der Waals surface area contributed by atoms with E-state index in [1.54, 1.807) is 0 Å². The summed E-state index contributed by atoms with van der Waals surface area (Å²) in [5.41, 5.74) is 6.12. The molecule has 1 aliphatic carbocycles. The highest BCUT2D eigenvalue weighted by molar-refractivity contribution is 5.35. The lowest BCUT2D eigenvalue weighted by molar-refractivity contribution is 0.208. The first-order valence-corrected chi connectivity index (χ1v) is 8.53. The van der Waals surface area contributed by atoms with Gasteiger partial charge in [0.15, 0.2) is 0 Å². The standard InChI is InChI=1S/C19H32N2/c1-5-14-9-8-10-15(13-14)18(21-20)16-11-6-7-12-17(16)19(2,3)4/h6-7,11-12,14-15,18,21H,5,8-10,13,20H2,1-4H3. The highest BCUT2D eigenvalue weighted by Crippen LogP contribution is 2.40. The number of hydrogen-bond donors (Lipinski definition) is 2. The van der Waals surface area contributed by atoms with Gasteiger partial charge in [-0.15, -0.1) is 0 Å². The Labute approximate surface area is 130 Å². The Morgan fingerprint density at radius 3 is 2.57 bits per heavy atom. The Morgan fingerprint density at radius 1 is 1.24 bits per heavy atom. The molecule has 0 saturated heterocycles. The third-order valence-electron chi connectivity index (χ3n) is 5.16. The predicted octanol–water partition coefficient (Wildman–Crippen LogP) is 4.70. The van der Waals surface area contributed by atoms with Crippen LogP contribution in [-0.2, 0) is 5.41 Å². The molecule has 21 heavy (non-hydrogen) atoms. The van der Waals surface area contributed by atoms with Crippen molar-refractivity contribution in [2.45, 2.75) is 71.3 Å². The second-order valence-corrected chi connectivity index (χ2v) is 7.68. The van der Waals surface area contributed by atoms with Crippen LogP contribution in [0.15, 0.2) is 24.3 Å². The van der Waals surface area contributed by atoms with E-state index >= 15 is 0 Å². The van der Waals surface area contributed by atoms with Crippen molar-refractivity contribution in [1.82, 2.24) is 5.43 Å². The molecule has 1 aromatic rings. The normalized spacial score (nSPS) is 24.8. The minimum absolute atomic E-state index is 0.157. The van der Waals surface area contributed by atoms with E-state index in [-0.39, 0.29) is 11.5 Å². The van der Waals surface area contributed by atoms with E-state index in [1.807, 2.05) is 0 Å². The molecule has 1 aromatic carbocycles. The van der Waals surface area contributed by atoms with Crippen molar-refractivity contribution >= 4 is 0 Å². The van der Waals surface area contributed by atoms with E-state index in [9.17, 15) is 0 Å². The Hall–Kier alpha value is -0.860. The zero-order valence-corrected chi connectivity index (χ0v) is 14.2. The van der Waals surface area contributed by atoms with Gasteiger partial charge in [-0.1, -0.05) is 71.2 Å². The van der Waals surface area contributed by atoms with Gasteiger partial charge in [0.2, 0.25) is 0 Å². The average molecular weight is 288 g/mol. The van der Waals surface area contributed by atoms with Crippen LogP contribution in [0.3, 0.4) is 0 Å². The van der Waals surface area contributed by atoms with Crippen molar-refractivity contribution in [2.24, 2.45) is 17.7 Å². The fraction of sp³-hybridized carbons (Fsp3) is 0.684. The summed E-state index contributed by atoms with van der Waals surface area (Å²) < 4.78 is 0. The van der Waals surface area contributed by atoms with Crippen LogP contribution in [0.2, 0.25) is 0 Å². The predicted molar refractivity (Wildman–Crippen MR) is 90.9 cm³/mol. The average Bonchev–Trinajstić information content (AvgIpc) is 2.48. The maximum Gasteiger partial charge on any atom is 0.0491 e. The molecule has 0 heterocycles. The molecular formula is C19H32N2. The van der Waals surface area contributed by atoms with Crippen LogP contribution in [0.4, 0.5) is 0 Å². The molecule has 1 fully saturated rings. The molecule has 2 nitrogen and oxygen atoms in total. The van der Waals surface area contributed by atoms with Gasteiger partial charge in [-0.05, 0) is 41.2 Å². The molecule has 1 saturated carbocycles. The summed E-state index contributed by atoms with van der Waals surface area (Å²) in [5, 5.41) is 0. The number of hydrazine groups is 1. The monoisotopic (exact) mass is 288 g/mol. The molecule has 0 radical (unpaired) electrons. The maximum atomic E-state index is 5.98. The molecule has 118 valence electrons. The highest BCUT2D eigenvalue weighted by atomic mass is 15.2. The molecule has 0 aromatic heterocycles. The molecule has 3 N–H and O–H groups in total. The van der Waals surface area contributed by atoms with Crippen molar-refractivity contribution in [2.75, 3.05) is 0 Å². The largest absolute Gasteiger partial charge is 0.271 e. The molecule has 0 spiro atoms. The lowest BCUT2D eigenvalue weighted by atomic mass is 9.72. The van der Waals surface area contributed by atoms with Crippen LogP contribution in [0.1, 0.15) is 77.0 Å². The minimum Gasteiger partial charge on any atom is -0.271 e. The number of benzene rings is 1. The van der Waals surface area contributed by atoms with Gasteiger partial charge < -0.3 is 0 Å². The number of nitrogens with one attached hydrogen (secondary N) is 1. The van der Waals surface area contributed by atoms with Crippen LogP contribution < -0.4 is 11.3 Å². The minimum atomic E-state index is 0.157. The molecule has 2 heteroatoms. The molecule has 2 rings (SSSR count). The molecule has 3 unspecified atom stereocenters. The third kappa shape index (κ3) is 3.87. The van der Waals surface area contributed by atoms with Crippen molar-refractivity contribution in [3.8, 4) is 0 Å². The van der Waals surface area contributed by atoms with Crippen LogP contribution >= 0.6 is 0 Å². The van der Waals surface area contributed by atoms with Gasteiger partial charge >= 0.3 is 0 Å². The third-order valence-corrected chi connectivity index (χ3v) is 5.16. The van der Waals surface area contributed by atoms with Gasteiger partial charge in [-0.2, -0.15) is 0 Å². The summed E-state index contributed by atoms with van der Waals surface area (Å²) in [6.45, 7) is 9.18. The lowest BCUT2D eigenvalue weighted by Gasteiger charge is -2.36. The molecule has 0 bridgehead atoms. The van der Waals surface area contributed by atoms with Gasteiger partial charge in [0.1, 0.15) is 0 Å². The number of nitrogens with two attached hydrogens (primary N) is 1. The van der Waals surface area contributed by atoms with Crippen LogP contribution in [0.25, 0.3) is 0 Å². The first-order valence-electron chi connectivity index (χ1n) is 8.53. The molecule has 3 atom stereocenters.